The van der Waals surface area contributed by atoms with E-state index in [9.17, 15) is 0 Å². The zero-order valence-corrected chi connectivity index (χ0v) is 11.3. The molecule has 2 rings (SSSR count). The minimum atomic E-state index is 0.138. The van der Waals surface area contributed by atoms with E-state index in [1.165, 1.54) is 16.7 Å². The number of aryl methyl sites for hydroxylation is 1. The van der Waals surface area contributed by atoms with Crippen molar-refractivity contribution in [3.05, 3.63) is 65.5 Å². The molecular weight excluding hydrogens is 234 g/mol. The highest BCUT2D eigenvalue weighted by molar-refractivity contribution is 5.28. The fourth-order valence-corrected chi connectivity index (χ4v) is 2.28. The molecule has 1 aromatic heterocycles. The smallest absolute Gasteiger partial charge is 0.0500 e. The van der Waals surface area contributed by atoms with Crippen LogP contribution >= 0.6 is 0 Å². The second-order valence-corrected chi connectivity index (χ2v) is 4.77. The summed E-state index contributed by atoms with van der Waals surface area (Å²) in [5.74, 6) is 5.71. The summed E-state index contributed by atoms with van der Waals surface area (Å²) in [6.07, 6.45) is 6.77. The van der Waals surface area contributed by atoms with E-state index < -0.39 is 0 Å². The Balaban J connectivity index is 2.15. The van der Waals surface area contributed by atoms with Crippen molar-refractivity contribution in [3.63, 3.8) is 0 Å². The Morgan fingerprint density at radius 2 is 1.95 bits per heavy atom. The van der Waals surface area contributed by atoms with Crippen LogP contribution < -0.4 is 11.3 Å². The van der Waals surface area contributed by atoms with E-state index in [1.807, 2.05) is 24.5 Å². The normalized spacial score (nSPS) is 12.3. The van der Waals surface area contributed by atoms with Gasteiger partial charge in [-0.25, -0.2) is 0 Å². The van der Waals surface area contributed by atoms with Crippen LogP contribution in [0.1, 0.15) is 36.1 Å². The number of aromatic nitrogens is 1. The van der Waals surface area contributed by atoms with E-state index in [-0.39, 0.29) is 6.04 Å². The highest BCUT2D eigenvalue weighted by Crippen LogP contribution is 2.19. The summed E-state index contributed by atoms with van der Waals surface area (Å²) in [6.45, 7) is 2.20. The van der Waals surface area contributed by atoms with Gasteiger partial charge in [0.15, 0.2) is 0 Å². The predicted octanol–water partition coefficient (Wildman–Crippen LogP) is 2.78. The molecule has 1 atom stereocenters. The summed E-state index contributed by atoms with van der Waals surface area (Å²) in [4.78, 5) is 4.04. The lowest BCUT2D eigenvalue weighted by molar-refractivity contribution is 0.551. The quantitative estimate of drug-likeness (QED) is 0.616. The van der Waals surface area contributed by atoms with Crippen LogP contribution in [0, 0.1) is 0 Å². The van der Waals surface area contributed by atoms with E-state index in [4.69, 9.17) is 5.84 Å². The van der Waals surface area contributed by atoms with Crippen LogP contribution in [0.3, 0.4) is 0 Å². The first-order valence-electron chi connectivity index (χ1n) is 6.77. The maximum absolute atomic E-state index is 5.71. The Morgan fingerprint density at radius 3 is 2.63 bits per heavy atom. The van der Waals surface area contributed by atoms with Crippen molar-refractivity contribution in [1.82, 2.24) is 10.4 Å². The topological polar surface area (TPSA) is 50.9 Å². The molecule has 0 aliphatic heterocycles. The summed E-state index contributed by atoms with van der Waals surface area (Å²) in [5, 5.41) is 0. The zero-order valence-electron chi connectivity index (χ0n) is 11.3. The van der Waals surface area contributed by atoms with Crippen LogP contribution in [0.5, 0.6) is 0 Å². The fourth-order valence-electron chi connectivity index (χ4n) is 2.28. The third-order valence-corrected chi connectivity index (χ3v) is 3.28. The van der Waals surface area contributed by atoms with Gasteiger partial charge in [-0.2, -0.15) is 0 Å². The van der Waals surface area contributed by atoms with Crippen molar-refractivity contribution < 1.29 is 0 Å². The molecular formula is C16H21N3. The second kappa shape index (κ2) is 7.02. The number of nitrogens with zero attached hydrogens (tertiary/aromatic N) is 1. The largest absolute Gasteiger partial charge is 0.271 e. The number of benzene rings is 1. The van der Waals surface area contributed by atoms with Gasteiger partial charge in [-0.15, -0.1) is 0 Å². The highest BCUT2D eigenvalue weighted by Gasteiger charge is 2.10. The minimum absolute atomic E-state index is 0.138. The van der Waals surface area contributed by atoms with Gasteiger partial charge in [0, 0.05) is 18.4 Å². The lowest BCUT2D eigenvalue weighted by Gasteiger charge is -2.17. The Kier molecular flexibility index (Phi) is 5.07. The standard InChI is InChI=1S/C16H21N3/c1-2-4-13-5-3-6-15(11-13)16(19-17)12-14-7-9-18-10-8-14/h3,5-11,16,19H,2,4,12,17H2,1H3. The van der Waals surface area contributed by atoms with Crippen molar-refractivity contribution in [2.75, 3.05) is 0 Å². The molecule has 0 spiro atoms. The Hall–Kier alpha value is -1.71. The van der Waals surface area contributed by atoms with E-state index in [1.54, 1.807) is 0 Å². The van der Waals surface area contributed by atoms with Gasteiger partial charge in [-0.05, 0) is 41.7 Å². The van der Waals surface area contributed by atoms with Crippen LogP contribution in [0.15, 0.2) is 48.8 Å². The summed E-state index contributed by atoms with van der Waals surface area (Å²) in [7, 11) is 0. The molecule has 0 fully saturated rings. The fraction of sp³-hybridized carbons (Fsp3) is 0.312. The molecule has 0 radical (unpaired) electrons. The van der Waals surface area contributed by atoms with Crippen molar-refractivity contribution in [2.24, 2.45) is 5.84 Å². The summed E-state index contributed by atoms with van der Waals surface area (Å²) in [5.41, 5.74) is 6.76. The number of hydrogen-bond acceptors (Lipinski definition) is 3. The van der Waals surface area contributed by atoms with Gasteiger partial charge in [0.2, 0.25) is 0 Å². The average Bonchev–Trinajstić information content (AvgIpc) is 2.46. The minimum Gasteiger partial charge on any atom is -0.271 e. The number of nitrogens with one attached hydrogen (secondary N) is 1. The molecule has 0 saturated heterocycles. The van der Waals surface area contributed by atoms with Crippen LogP contribution in [0.4, 0.5) is 0 Å². The molecule has 100 valence electrons. The molecule has 2 aromatic rings. The SMILES string of the molecule is CCCc1cccc(C(Cc2ccncc2)NN)c1. The molecule has 3 N–H and O–H groups in total. The Labute approximate surface area is 114 Å². The molecule has 3 nitrogen and oxygen atoms in total. The van der Waals surface area contributed by atoms with Crippen LogP contribution in [0.2, 0.25) is 0 Å². The molecule has 0 aliphatic carbocycles. The monoisotopic (exact) mass is 255 g/mol. The van der Waals surface area contributed by atoms with Gasteiger partial charge in [-0.3, -0.25) is 16.3 Å². The maximum Gasteiger partial charge on any atom is 0.0500 e. The first kappa shape index (κ1) is 13.7. The first-order valence-corrected chi connectivity index (χ1v) is 6.77. The van der Waals surface area contributed by atoms with Crippen LogP contribution in [0.25, 0.3) is 0 Å². The van der Waals surface area contributed by atoms with Crippen LogP contribution in [-0.2, 0) is 12.8 Å². The molecule has 0 amide bonds. The molecule has 0 saturated carbocycles. The predicted molar refractivity (Wildman–Crippen MR) is 78.4 cm³/mol. The van der Waals surface area contributed by atoms with Crippen molar-refractivity contribution >= 4 is 0 Å². The number of pyridine rings is 1. The van der Waals surface area contributed by atoms with E-state index in [0.717, 1.165) is 19.3 Å². The van der Waals surface area contributed by atoms with Gasteiger partial charge in [0.05, 0.1) is 0 Å². The zero-order chi connectivity index (χ0) is 13.5. The van der Waals surface area contributed by atoms with Gasteiger partial charge >= 0.3 is 0 Å². The van der Waals surface area contributed by atoms with Crippen LogP contribution in [-0.4, -0.2) is 4.98 Å². The maximum atomic E-state index is 5.71. The van der Waals surface area contributed by atoms with Gasteiger partial charge in [-0.1, -0.05) is 37.6 Å². The summed E-state index contributed by atoms with van der Waals surface area (Å²) >= 11 is 0. The van der Waals surface area contributed by atoms with E-state index in [2.05, 4.69) is 41.6 Å². The van der Waals surface area contributed by atoms with E-state index in [0.29, 0.717) is 0 Å². The Bertz CT molecular complexity index is 496. The lowest BCUT2D eigenvalue weighted by Crippen LogP contribution is -2.29. The number of hydrogen-bond donors (Lipinski definition) is 2. The number of nitrogens with two attached hydrogens (primary N) is 1. The lowest BCUT2D eigenvalue weighted by atomic mass is 9.97. The molecule has 0 bridgehead atoms. The van der Waals surface area contributed by atoms with Crippen molar-refractivity contribution in [1.29, 1.82) is 0 Å². The number of rotatable bonds is 6. The summed E-state index contributed by atoms with van der Waals surface area (Å²) < 4.78 is 0. The summed E-state index contributed by atoms with van der Waals surface area (Å²) in [6, 6.07) is 12.9. The van der Waals surface area contributed by atoms with Crippen molar-refractivity contribution in [3.8, 4) is 0 Å². The average molecular weight is 255 g/mol. The van der Waals surface area contributed by atoms with Crippen molar-refractivity contribution in [2.45, 2.75) is 32.2 Å². The molecule has 0 aliphatic rings. The molecule has 3 heteroatoms. The van der Waals surface area contributed by atoms with Gasteiger partial charge < -0.3 is 0 Å². The molecule has 1 heterocycles. The number of hydrazine groups is 1. The molecule has 1 aromatic carbocycles. The van der Waals surface area contributed by atoms with E-state index >= 15 is 0 Å². The molecule has 1 unspecified atom stereocenters. The van der Waals surface area contributed by atoms with Gasteiger partial charge in [0.25, 0.3) is 0 Å². The first-order chi connectivity index (χ1) is 9.33. The molecule has 19 heavy (non-hydrogen) atoms. The second-order valence-electron chi connectivity index (χ2n) is 4.77. The third kappa shape index (κ3) is 3.88. The third-order valence-electron chi connectivity index (χ3n) is 3.28. The Morgan fingerprint density at radius 1 is 1.16 bits per heavy atom. The highest BCUT2D eigenvalue weighted by atomic mass is 15.2. The van der Waals surface area contributed by atoms with Gasteiger partial charge in [0.1, 0.15) is 0 Å².